The van der Waals surface area contributed by atoms with Crippen LogP contribution in [-0.2, 0) is 50.4 Å². The molecule has 3 aromatic heterocycles. The van der Waals surface area contributed by atoms with Gasteiger partial charge in [-0.2, -0.15) is 0 Å². The predicted molar refractivity (Wildman–Crippen MR) is 226 cm³/mol. The number of carbonyl (C=O) groups excluding carboxylic acids is 1. The van der Waals surface area contributed by atoms with Crippen LogP contribution in [0.4, 0.5) is 0 Å². The molecule has 0 saturated carbocycles. The van der Waals surface area contributed by atoms with Crippen LogP contribution in [0.1, 0.15) is 51.3 Å². The van der Waals surface area contributed by atoms with Crippen molar-refractivity contribution < 1.29 is 50.1 Å². The van der Waals surface area contributed by atoms with E-state index in [1.165, 1.54) is 47.7 Å². The van der Waals surface area contributed by atoms with Gasteiger partial charge in [0.15, 0.2) is 5.78 Å². The fourth-order valence-corrected chi connectivity index (χ4v) is 5.33. The van der Waals surface area contributed by atoms with E-state index in [4.69, 9.17) is 5.11 Å². The van der Waals surface area contributed by atoms with E-state index < -0.39 is 0 Å². The molecule has 4 aromatic carbocycles. The molecule has 3 heterocycles. The normalized spacial score (nSPS) is 10.3. The first-order valence-corrected chi connectivity index (χ1v) is 18.1. The van der Waals surface area contributed by atoms with Gasteiger partial charge >= 0.3 is 0 Å². The molecule has 7 heteroatoms. The van der Waals surface area contributed by atoms with Crippen molar-refractivity contribution in [3.8, 4) is 44.9 Å². The van der Waals surface area contributed by atoms with Crippen LogP contribution in [0, 0.1) is 32.0 Å². The molecule has 0 bridgehead atoms. The van der Waals surface area contributed by atoms with Gasteiger partial charge in [-0.05, 0) is 59.6 Å². The maximum Gasteiger partial charge on any atom is 0.155 e. The van der Waals surface area contributed by atoms with Crippen molar-refractivity contribution in [2.24, 2.45) is 0 Å². The summed E-state index contributed by atoms with van der Waals surface area (Å²) in [7, 11) is 0. The van der Waals surface area contributed by atoms with Crippen molar-refractivity contribution in [1.82, 2.24) is 15.0 Å². The molecule has 296 valence electrons. The second-order valence-corrected chi connectivity index (χ2v) is 13.8. The van der Waals surface area contributed by atoms with Crippen LogP contribution in [0.25, 0.3) is 44.9 Å². The molecule has 2 radical (unpaired) electrons. The number of benzene rings is 4. The smallest absolute Gasteiger partial charge is 0.155 e. The molecule has 7 rings (SSSR count). The fraction of sp³-hybridized carbons (Fsp3) is 0.160. The first kappa shape index (κ1) is 48.0. The topological polar surface area (TPSA) is 76.0 Å². The summed E-state index contributed by atoms with van der Waals surface area (Å²) in [6.07, 6.45) is 6.74. The Morgan fingerprint density at radius 3 is 1.54 bits per heavy atom. The SMILES string of the molecule is CC(=O)C=C(C)O.CC(C)(C)c1ccc(-c2[c-]ccc(-c3ccccc3)c2)nc1.Cc1ccc[c-]c1-c1ccccn1.Cc1ccc[c-]c1-c1ccccn1.[Ir].[Ir]. The van der Waals surface area contributed by atoms with Crippen molar-refractivity contribution in [3.05, 3.63) is 199 Å². The monoisotopic (exact) mass is 1110 g/mol. The zero-order valence-electron chi connectivity index (χ0n) is 33.4. The summed E-state index contributed by atoms with van der Waals surface area (Å²) in [5.41, 5.74) is 12.3. The summed E-state index contributed by atoms with van der Waals surface area (Å²) in [5, 5.41) is 8.36. The van der Waals surface area contributed by atoms with Crippen molar-refractivity contribution in [2.75, 3.05) is 0 Å². The first-order valence-electron chi connectivity index (χ1n) is 18.1. The second-order valence-electron chi connectivity index (χ2n) is 13.8. The van der Waals surface area contributed by atoms with Crippen LogP contribution < -0.4 is 0 Å². The second kappa shape index (κ2) is 24.5. The summed E-state index contributed by atoms with van der Waals surface area (Å²) >= 11 is 0. The minimum Gasteiger partial charge on any atom is -0.512 e. The van der Waals surface area contributed by atoms with Crippen LogP contribution in [0.5, 0.6) is 0 Å². The average molecular weight is 1110 g/mol. The van der Waals surface area contributed by atoms with Crippen molar-refractivity contribution in [1.29, 1.82) is 0 Å². The molecule has 7 aromatic rings. The number of rotatable bonds is 5. The number of aromatic nitrogens is 3. The maximum atomic E-state index is 10.0. The third-order valence-electron chi connectivity index (χ3n) is 8.20. The van der Waals surface area contributed by atoms with E-state index in [1.54, 1.807) is 12.4 Å². The Kier molecular flexibility index (Phi) is 20.6. The summed E-state index contributed by atoms with van der Waals surface area (Å²) < 4.78 is 0. The van der Waals surface area contributed by atoms with Gasteiger partial charge in [0, 0.05) is 64.9 Å². The van der Waals surface area contributed by atoms with Crippen molar-refractivity contribution >= 4 is 5.78 Å². The number of allylic oxidation sites excluding steroid dienone is 2. The molecule has 1 N–H and O–H groups in total. The van der Waals surface area contributed by atoms with E-state index in [0.29, 0.717) is 0 Å². The predicted octanol–water partition coefficient (Wildman–Crippen LogP) is 12.3. The summed E-state index contributed by atoms with van der Waals surface area (Å²) in [5.74, 6) is -0.0625. The Morgan fingerprint density at radius 1 is 0.596 bits per heavy atom. The quantitative estimate of drug-likeness (QED) is 0.106. The number of hydrogen-bond donors (Lipinski definition) is 1. The Labute approximate surface area is 366 Å². The Hall–Kier alpha value is -5.16. The molecular weight excluding hydrogens is 1060 g/mol. The van der Waals surface area contributed by atoms with Crippen molar-refractivity contribution in [2.45, 2.75) is 53.9 Å². The number of carbonyl (C=O) groups is 1. The van der Waals surface area contributed by atoms with E-state index in [0.717, 1.165) is 33.8 Å². The molecule has 0 saturated heterocycles. The van der Waals surface area contributed by atoms with Gasteiger partial charge in [-0.25, -0.2) is 0 Å². The van der Waals surface area contributed by atoms with Crippen LogP contribution in [0.15, 0.2) is 164 Å². The molecule has 0 amide bonds. The van der Waals surface area contributed by atoms with Crippen LogP contribution in [0.2, 0.25) is 0 Å². The van der Waals surface area contributed by atoms with E-state index in [-0.39, 0.29) is 57.2 Å². The molecule has 0 atom stereocenters. The summed E-state index contributed by atoms with van der Waals surface area (Å²) in [4.78, 5) is 23.2. The number of aryl methyl sites for hydroxylation is 2. The van der Waals surface area contributed by atoms with Crippen molar-refractivity contribution in [3.63, 3.8) is 0 Å². The number of aliphatic hydroxyl groups is 1. The zero-order chi connectivity index (χ0) is 39.6. The van der Waals surface area contributed by atoms with Gasteiger partial charge < -0.3 is 20.1 Å². The van der Waals surface area contributed by atoms with Gasteiger partial charge in [0.1, 0.15) is 0 Å². The summed E-state index contributed by atoms with van der Waals surface area (Å²) in [6.45, 7) is 13.6. The first-order chi connectivity index (χ1) is 26.4. The molecule has 57 heavy (non-hydrogen) atoms. The molecule has 0 aliphatic heterocycles. The molecule has 0 unspecified atom stereocenters. The number of hydrogen-bond acceptors (Lipinski definition) is 5. The molecule has 0 aliphatic rings. The number of pyridine rings is 3. The standard InChI is InChI=1S/C21H20N.2C12H10N.C5H8O2.2Ir/c1-21(2,3)19-12-13-20(22-15-19)18-11-7-10-17(14-18)16-8-5-4-6-9-16;2*1-10-6-2-3-7-11(10)12-8-4-5-9-13-12;1-4(6)3-5(2)7;;/h4-10,12-15H,1-3H3;2*2-6,8-9H,1H3;3,6H,1-2H3;;/q3*-1;;;. The Bertz CT molecular complexity index is 2170. The third kappa shape index (κ3) is 16.1. The van der Waals surface area contributed by atoms with E-state index in [9.17, 15) is 4.79 Å². The largest absolute Gasteiger partial charge is 0.512 e. The van der Waals surface area contributed by atoms with E-state index in [1.807, 2.05) is 79.0 Å². The van der Waals surface area contributed by atoms with Gasteiger partial charge in [-0.15, -0.1) is 106 Å². The number of aliphatic hydroxyl groups excluding tert-OH is 1. The Morgan fingerprint density at radius 2 is 1.14 bits per heavy atom. The maximum absolute atomic E-state index is 10.0. The van der Waals surface area contributed by atoms with E-state index >= 15 is 0 Å². The number of ketones is 1. The van der Waals surface area contributed by atoms with Gasteiger partial charge in [-0.3, -0.25) is 4.79 Å². The molecule has 0 spiro atoms. The molecule has 0 fully saturated rings. The molecular formula is C50H48Ir2N3O2-3. The average Bonchev–Trinajstić information content (AvgIpc) is 3.19. The zero-order valence-corrected chi connectivity index (χ0v) is 38.2. The van der Waals surface area contributed by atoms with E-state index in [2.05, 4.69) is 128 Å². The van der Waals surface area contributed by atoms with Crippen LogP contribution in [-0.4, -0.2) is 25.8 Å². The minimum atomic E-state index is -0.125. The van der Waals surface area contributed by atoms with Crippen LogP contribution in [0.3, 0.4) is 0 Å². The van der Waals surface area contributed by atoms with Gasteiger partial charge in [0.2, 0.25) is 0 Å². The molecule has 0 aliphatic carbocycles. The molecule has 5 nitrogen and oxygen atoms in total. The van der Waals surface area contributed by atoms with Gasteiger partial charge in [0.25, 0.3) is 0 Å². The third-order valence-corrected chi connectivity index (χ3v) is 8.20. The van der Waals surface area contributed by atoms with Gasteiger partial charge in [-0.1, -0.05) is 101 Å². The number of nitrogens with zero attached hydrogens (tertiary/aromatic N) is 3. The fourth-order valence-electron chi connectivity index (χ4n) is 5.33. The van der Waals surface area contributed by atoms with Gasteiger partial charge in [0.05, 0.1) is 5.76 Å². The summed E-state index contributed by atoms with van der Waals surface area (Å²) in [6, 6.07) is 54.3. The Balaban J connectivity index is 0.000000279. The minimum absolute atomic E-state index is 0. The van der Waals surface area contributed by atoms with Crippen LogP contribution >= 0.6 is 0 Å².